The van der Waals surface area contributed by atoms with E-state index in [1.165, 1.54) is 0 Å². The maximum atomic E-state index is 13.4. The van der Waals surface area contributed by atoms with Crippen LogP contribution in [0.2, 0.25) is 0 Å². The number of hydrogen-bond acceptors (Lipinski definition) is 4. The minimum Gasteiger partial charge on any atom is -0.344 e. The van der Waals surface area contributed by atoms with Crippen molar-refractivity contribution in [2.75, 3.05) is 6.54 Å². The summed E-state index contributed by atoms with van der Waals surface area (Å²) in [6.45, 7) is 4.80. The molecule has 4 atom stereocenters. The zero-order valence-electron chi connectivity index (χ0n) is 18.8. The van der Waals surface area contributed by atoms with Crippen LogP contribution in [0.15, 0.2) is 66.7 Å². The molecule has 1 saturated carbocycles. The quantitative estimate of drug-likeness (QED) is 0.596. The van der Waals surface area contributed by atoms with Crippen LogP contribution in [0.4, 0.5) is 0 Å². The van der Waals surface area contributed by atoms with Crippen molar-refractivity contribution in [2.45, 2.75) is 32.4 Å². The summed E-state index contributed by atoms with van der Waals surface area (Å²) in [5.74, 6) is -0.169. The van der Waals surface area contributed by atoms with Crippen molar-refractivity contribution < 1.29 is 14.4 Å². The second-order valence-corrected chi connectivity index (χ2v) is 9.69. The molecule has 6 nitrogen and oxygen atoms in total. The van der Waals surface area contributed by atoms with Crippen LogP contribution in [0.3, 0.4) is 0 Å². The van der Waals surface area contributed by atoms with Gasteiger partial charge in [0.25, 0.3) is 5.91 Å². The highest BCUT2D eigenvalue weighted by Crippen LogP contribution is 2.65. The van der Waals surface area contributed by atoms with Gasteiger partial charge in [-0.25, -0.2) is 4.98 Å². The molecule has 1 aliphatic heterocycles. The van der Waals surface area contributed by atoms with Crippen molar-refractivity contribution in [3.63, 3.8) is 0 Å². The molecule has 1 aromatic heterocycles. The number of para-hydroxylation sites is 1. The van der Waals surface area contributed by atoms with E-state index in [0.717, 1.165) is 22.8 Å². The van der Waals surface area contributed by atoms with Gasteiger partial charge in [-0.15, -0.1) is 0 Å². The number of piperidine rings is 1. The summed E-state index contributed by atoms with van der Waals surface area (Å²) >= 11 is 0. The third-order valence-corrected chi connectivity index (χ3v) is 7.35. The summed E-state index contributed by atoms with van der Waals surface area (Å²) in [4.78, 5) is 44.8. The van der Waals surface area contributed by atoms with Gasteiger partial charge in [0.05, 0.1) is 11.6 Å². The first-order chi connectivity index (χ1) is 15.9. The molecular formula is C27H27N3O3. The SMILES string of the molecule is CC1(C)C2CN(C(=O)c3ccc4ccccc4n3)C(C(=O)N[C@H](C=O)Cc3ccccc3)C21. The number of benzene rings is 2. The average molecular weight is 442 g/mol. The summed E-state index contributed by atoms with van der Waals surface area (Å²) in [6, 6.07) is 19.6. The Morgan fingerprint density at radius 3 is 2.58 bits per heavy atom. The maximum absolute atomic E-state index is 13.4. The normalized spacial score (nSPS) is 23.6. The number of likely N-dealkylation sites (tertiary alicyclic amines) is 1. The lowest BCUT2D eigenvalue weighted by Gasteiger charge is -2.30. The Balaban J connectivity index is 1.38. The molecule has 2 heterocycles. The first-order valence-corrected chi connectivity index (χ1v) is 11.4. The lowest BCUT2D eigenvalue weighted by Crippen LogP contribution is -2.52. The van der Waals surface area contributed by atoms with Crippen LogP contribution in [0.25, 0.3) is 10.9 Å². The highest BCUT2D eigenvalue weighted by atomic mass is 16.2. The number of hydrogen-bond donors (Lipinski definition) is 1. The fourth-order valence-corrected chi connectivity index (χ4v) is 5.40. The molecule has 33 heavy (non-hydrogen) atoms. The fraction of sp³-hybridized carbons (Fsp3) is 0.333. The molecule has 1 N–H and O–H groups in total. The molecule has 0 bridgehead atoms. The van der Waals surface area contributed by atoms with Crippen LogP contribution in [-0.2, 0) is 16.0 Å². The minimum absolute atomic E-state index is 0.00823. The number of rotatable bonds is 6. The summed E-state index contributed by atoms with van der Waals surface area (Å²) in [6.07, 6.45) is 1.19. The van der Waals surface area contributed by atoms with Gasteiger partial charge in [0.15, 0.2) is 0 Å². The molecule has 3 aromatic rings. The van der Waals surface area contributed by atoms with Gasteiger partial charge in [0.2, 0.25) is 5.91 Å². The summed E-state index contributed by atoms with van der Waals surface area (Å²) in [5, 5.41) is 3.86. The van der Waals surface area contributed by atoms with Crippen LogP contribution in [0, 0.1) is 17.3 Å². The first-order valence-electron chi connectivity index (χ1n) is 11.4. The number of carbonyl (C=O) groups excluding carboxylic acids is 3. The summed E-state index contributed by atoms with van der Waals surface area (Å²) in [5.41, 5.74) is 2.05. The molecule has 2 aromatic carbocycles. The molecule has 2 amide bonds. The van der Waals surface area contributed by atoms with Crippen LogP contribution in [0.5, 0.6) is 0 Å². The summed E-state index contributed by atoms with van der Waals surface area (Å²) in [7, 11) is 0. The second kappa shape index (κ2) is 8.10. The fourth-order valence-electron chi connectivity index (χ4n) is 5.40. The van der Waals surface area contributed by atoms with Gasteiger partial charge in [-0.05, 0) is 41.4 Å². The smallest absolute Gasteiger partial charge is 0.273 e. The van der Waals surface area contributed by atoms with Crippen molar-refractivity contribution in [1.82, 2.24) is 15.2 Å². The Morgan fingerprint density at radius 1 is 1.09 bits per heavy atom. The van der Waals surface area contributed by atoms with Gasteiger partial charge in [-0.3, -0.25) is 9.59 Å². The molecular weight excluding hydrogens is 414 g/mol. The third kappa shape index (κ3) is 3.80. The minimum atomic E-state index is -0.642. The second-order valence-electron chi connectivity index (χ2n) is 9.69. The Labute approximate surface area is 193 Å². The molecule has 168 valence electrons. The van der Waals surface area contributed by atoms with Gasteiger partial charge in [0.1, 0.15) is 18.0 Å². The number of pyridine rings is 1. The third-order valence-electron chi connectivity index (χ3n) is 7.35. The highest BCUT2D eigenvalue weighted by molar-refractivity contribution is 5.99. The Hall–Kier alpha value is -3.54. The van der Waals surface area contributed by atoms with Gasteiger partial charge in [-0.2, -0.15) is 0 Å². The van der Waals surface area contributed by atoms with E-state index in [9.17, 15) is 14.4 Å². The van der Waals surface area contributed by atoms with Crippen LogP contribution in [-0.4, -0.2) is 46.6 Å². The van der Waals surface area contributed by atoms with Gasteiger partial charge >= 0.3 is 0 Å². The highest BCUT2D eigenvalue weighted by Gasteiger charge is 2.69. The van der Waals surface area contributed by atoms with Crippen molar-refractivity contribution in [1.29, 1.82) is 0 Å². The molecule has 6 heteroatoms. The van der Waals surface area contributed by atoms with Crippen LogP contribution >= 0.6 is 0 Å². The van der Waals surface area contributed by atoms with Gasteiger partial charge in [-0.1, -0.05) is 68.4 Å². The van der Waals surface area contributed by atoms with Crippen molar-refractivity contribution in [3.05, 3.63) is 78.0 Å². The molecule has 0 spiro atoms. The largest absolute Gasteiger partial charge is 0.344 e. The van der Waals surface area contributed by atoms with E-state index < -0.39 is 12.1 Å². The zero-order valence-corrected chi connectivity index (χ0v) is 18.8. The maximum Gasteiger partial charge on any atom is 0.273 e. The monoisotopic (exact) mass is 441 g/mol. The molecule has 1 aliphatic carbocycles. The number of nitrogens with one attached hydrogen (secondary N) is 1. The predicted octanol–water partition coefficient (Wildman–Crippen LogP) is 3.26. The van der Waals surface area contributed by atoms with E-state index >= 15 is 0 Å². The number of nitrogens with zero attached hydrogens (tertiary/aromatic N) is 2. The Bertz CT molecular complexity index is 1220. The van der Waals surface area contributed by atoms with E-state index in [-0.39, 0.29) is 29.1 Å². The Morgan fingerprint density at radius 2 is 1.82 bits per heavy atom. The van der Waals surface area contributed by atoms with Crippen molar-refractivity contribution in [2.24, 2.45) is 17.3 Å². The van der Waals surface area contributed by atoms with Gasteiger partial charge < -0.3 is 15.0 Å². The topological polar surface area (TPSA) is 79.4 Å². The van der Waals surface area contributed by atoms with E-state index in [2.05, 4.69) is 24.1 Å². The van der Waals surface area contributed by atoms with Crippen molar-refractivity contribution >= 4 is 29.0 Å². The van der Waals surface area contributed by atoms with Gasteiger partial charge in [0, 0.05) is 11.9 Å². The number of carbonyl (C=O) groups is 3. The number of amides is 2. The predicted molar refractivity (Wildman–Crippen MR) is 125 cm³/mol. The lowest BCUT2D eigenvalue weighted by molar-refractivity contribution is -0.128. The number of fused-ring (bicyclic) bond motifs is 2. The van der Waals surface area contributed by atoms with Crippen LogP contribution in [0.1, 0.15) is 29.9 Å². The molecule has 5 rings (SSSR count). The molecule has 0 radical (unpaired) electrons. The van der Waals surface area contributed by atoms with Crippen LogP contribution < -0.4 is 5.32 Å². The molecule has 1 saturated heterocycles. The molecule has 2 fully saturated rings. The number of aromatic nitrogens is 1. The lowest BCUT2D eigenvalue weighted by atomic mass is 9.99. The van der Waals surface area contributed by atoms with Crippen molar-refractivity contribution in [3.8, 4) is 0 Å². The van der Waals surface area contributed by atoms with E-state index in [4.69, 9.17) is 0 Å². The van der Waals surface area contributed by atoms with E-state index in [0.29, 0.717) is 18.7 Å². The molecule has 3 unspecified atom stereocenters. The Kier molecular flexibility index (Phi) is 5.23. The summed E-state index contributed by atoms with van der Waals surface area (Å²) < 4.78 is 0. The van der Waals surface area contributed by atoms with E-state index in [1.54, 1.807) is 11.0 Å². The average Bonchev–Trinajstić information content (AvgIpc) is 3.17. The zero-order chi connectivity index (χ0) is 23.2. The molecule has 2 aliphatic rings. The first kappa shape index (κ1) is 21.3. The van der Waals surface area contributed by atoms with E-state index in [1.807, 2.05) is 60.7 Å². The number of aldehydes is 1. The standard InChI is InChI=1S/C27H27N3O3/c1-27(2)20-15-30(26(33)22-13-12-18-10-6-7-11-21(18)29-22)24(23(20)27)25(32)28-19(16-31)14-17-8-4-3-5-9-17/h3-13,16,19-20,23-24H,14-15H2,1-2H3,(H,28,32)/t19-,20?,23?,24?/m0/s1.